The first-order chi connectivity index (χ1) is 12.7. The van der Waals surface area contributed by atoms with Gasteiger partial charge in [-0.2, -0.15) is 4.31 Å². The van der Waals surface area contributed by atoms with Gasteiger partial charge < -0.3 is 4.90 Å². The number of likely N-dealkylation sites (tertiary alicyclic amines) is 1. The van der Waals surface area contributed by atoms with E-state index in [0.717, 1.165) is 10.5 Å². The summed E-state index contributed by atoms with van der Waals surface area (Å²) in [5.41, 5.74) is 1.69. The van der Waals surface area contributed by atoms with Crippen molar-refractivity contribution in [2.75, 3.05) is 32.7 Å². The van der Waals surface area contributed by atoms with Crippen molar-refractivity contribution >= 4 is 27.7 Å². The fourth-order valence-electron chi connectivity index (χ4n) is 3.44. The van der Waals surface area contributed by atoms with Gasteiger partial charge >= 0.3 is 0 Å². The Bertz CT molecular complexity index is 872. The van der Waals surface area contributed by atoms with Crippen molar-refractivity contribution < 1.29 is 22.8 Å². The number of carbonyl (C=O) groups is 3. The van der Waals surface area contributed by atoms with Crippen molar-refractivity contribution in [2.45, 2.75) is 31.6 Å². The Morgan fingerprint density at radius 3 is 2.15 bits per heavy atom. The van der Waals surface area contributed by atoms with E-state index in [0.29, 0.717) is 5.56 Å². The number of benzene rings is 1. The average molecular weight is 393 g/mol. The maximum Gasteiger partial charge on any atom is 0.243 e. The summed E-state index contributed by atoms with van der Waals surface area (Å²) in [4.78, 5) is 38.4. The number of hydrogen-bond acceptors (Lipinski definition) is 5. The molecule has 1 aromatic carbocycles. The van der Waals surface area contributed by atoms with Crippen LogP contribution in [-0.2, 0) is 24.4 Å². The number of aryl methyl sites for hydroxylation is 2. The summed E-state index contributed by atoms with van der Waals surface area (Å²) >= 11 is 0. The lowest BCUT2D eigenvalue weighted by atomic mass is 10.2. The molecule has 2 aliphatic heterocycles. The highest BCUT2D eigenvalue weighted by atomic mass is 32.2. The lowest BCUT2D eigenvalue weighted by Crippen LogP contribution is -2.53. The Morgan fingerprint density at radius 2 is 1.59 bits per heavy atom. The number of hydrogen-bond donors (Lipinski definition) is 0. The van der Waals surface area contributed by atoms with Crippen LogP contribution in [0.25, 0.3) is 0 Å². The Hall–Kier alpha value is -2.26. The predicted molar refractivity (Wildman–Crippen MR) is 97.2 cm³/mol. The van der Waals surface area contributed by atoms with Crippen LogP contribution in [0, 0.1) is 13.8 Å². The Labute approximate surface area is 158 Å². The number of nitrogens with zero attached hydrogens (tertiary/aromatic N) is 3. The molecule has 0 N–H and O–H groups in total. The van der Waals surface area contributed by atoms with Gasteiger partial charge in [0, 0.05) is 39.0 Å². The minimum absolute atomic E-state index is 0.147. The molecule has 0 radical (unpaired) electrons. The van der Waals surface area contributed by atoms with Crippen LogP contribution < -0.4 is 0 Å². The molecule has 8 nitrogen and oxygen atoms in total. The van der Waals surface area contributed by atoms with Crippen molar-refractivity contribution in [3.8, 4) is 0 Å². The Balaban J connectivity index is 1.63. The third kappa shape index (κ3) is 3.89. The van der Waals surface area contributed by atoms with Crippen LogP contribution in [0.5, 0.6) is 0 Å². The fourth-order valence-corrected chi connectivity index (χ4v) is 5.07. The molecular formula is C18H23N3O5S. The van der Waals surface area contributed by atoms with Crippen LogP contribution >= 0.6 is 0 Å². The zero-order valence-corrected chi connectivity index (χ0v) is 16.3. The Kier molecular flexibility index (Phi) is 5.34. The first kappa shape index (κ1) is 19.5. The van der Waals surface area contributed by atoms with E-state index in [9.17, 15) is 22.8 Å². The first-order valence-electron chi connectivity index (χ1n) is 8.88. The van der Waals surface area contributed by atoms with Crippen molar-refractivity contribution in [1.29, 1.82) is 0 Å². The molecule has 0 bridgehead atoms. The molecule has 2 fully saturated rings. The summed E-state index contributed by atoms with van der Waals surface area (Å²) in [7, 11) is -3.62. The van der Waals surface area contributed by atoms with Crippen LogP contribution in [0.15, 0.2) is 23.1 Å². The van der Waals surface area contributed by atoms with Gasteiger partial charge in [0.1, 0.15) is 6.54 Å². The molecular weight excluding hydrogens is 370 g/mol. The van der Waals surface area contributed by atoms with Gasteiger partial charge in [0.05, 0.1) is 4.90 Å². The topological polar surface area (TPSA) is 95.1 Å². The van der Waals surface area contributed by atoms with E-state index < -0.39 is 10.0 Å². The summed E-state index contributed by atoms with van der Waals surface area (Å²) < 4.78 is 27.1. The zero-order valence-electron chi connectivity index (χ0n) is 15.5. The molecule has 0 aliphatic carbocycles. The molecule has 27 heavy (non-hydrogen) atoms. The highest BCUT2D eigenvalue weighted by molar-refractivity contribution is 7.89. The smallest absolute Gasteiger partial charge is 0.243 e. The van der Waals surface area contributed by atoms with Crippen LogP contribution in [0.2, 0.25) is 0 Å². The average Bonchev–Trinajstić information content (AvgIpc) is 2.93. The second-order valence-electron chi connectivity index (χ2n) is 6.93. The van der Waals surface area contributed by atoms with E-state index in [4.69, 9.17) is 0 Å². The van der Waals surface area contributed by atoms with E-state index in [-0.39, 0.29) is 68.2 Å². The molecule has 0 saturated carbocycles. The van der Waals surface area contributed by atoms with Crippen LogP contribution in [0.3, 0.4) is 0 Å². The molecule has 0 aromatic heterocycles. The second kappa shape index (κ2) is 7.40. The normalized spacial score (nSPS) is 19.0. The maximum atomic E-state index is 12.9. The van der Waals surface area contributed by atoms with Crippen molar-refractivity contribution in [1.82, 2.24) is 14.1 Å². The van der Waals surface area contributed by atoms with Gasteiger partial charge in [0.25, 0.3) is 0 Å². The highest BCUT2D eigenvalue weighted by Crippen LogP contribution is 2.22. The van der Waals surface area contributed by atoms with Gasteiger partial charge in [-0.05, 0) is 25.5 Å². The standard InChI is InChI=1S/C18H23N3O5S/c1-13-3-4-15(14(2)11-13)27(25,26)20-9-7-19(8-10-20)18(24)12-21-16(22)5-6-17(21)23/h3-4,11H,5-10,12H2,1-2H3. The molecule has 146 valence electrons. The number of amides is 3. The summed E-state index contributed by atoms with van der Waals surface area (Å²) in [6.45, 7) is 4.25. The molecule has 3 rings (SSSR count). The molecule has 2 saturated heterocycles. The van der Waals surface area contributed by atoms with Gasteiger partial charge in [-0.25, -0.2) is 8.42 Å². The van der Waals surface area contributed by atoms with Crippen LogP contribution in [0.1, 0.15) is 24.0 Å². The van der Waals surface area contributed by atoms with Gasteiger partial charge in [-0.3, -0.25) is 19.3 Å². The van der Waals surface area contributed by atoms with Gasteiger partial charge in [-0.15, -0.1) is 0 Å². The van der Waals surface area contributed by atoms with Crippen molar-refractivity contribution in [2.24, 2.45) is 0 Å². The summed E-state index contributed by atoms with van der Waals surface area (Å²) in [5, 5.41) is 0. The monoisotopic (exact) mass is 393 g/mol. The first-order valence-corrected chi connectivity index (χ1v) is 10.3. The third-order valence-corrected chi connectivity index (χ3v) is 7.05. The predicted octanol–water partition coefficient (Wildman–Crippen LogP) is 0.285. The minimum atomic E-state index is -3.62. The van der Waals surface area contributed by atoms with Gasteiger partial charge in [-0.1, -0.05) is 17.7 Å². The molecule has 2 aliphatic rings. The van der Waals surface area contributed by atoms with Crippen molar-refractivity contribution in [3.05, 3.63) is 29.3 Å². The molecule has 3 amide bonds. The Morgan fingerprint density at radius 1 is 1.00 bits per heavy atom. The van der Waals surface area contributed by atoms with Gasteiger partial charge in [0.15, 0.2) is 0 Å². The summed E-state index contributed by atoms with van der Waals surface area (Å²) in [6, 6.07) is 5.21. The summed E-state index contributed by atoms with van der Waals surface area (Å²) in [6.07, 6.45) is 0.294. The van der Waals surface area contributed by atoms with E-state index in [1.807, 2.05) is 13.0 Å². The van der Waals surface area contributed by atoms with E-state index in [1.165, 1.54) is 9.21 Å². The molecule has 0 atom stereocenters. The number of imide groups is 1. The lowest BCUT2D eigenvalue weighted by Gasteiger charge is -2.34. The number of piperazine rings is 1. The van der Waals surface area contributed by atoms with Crippen molar-refractivity contribution in [3.63, 3.8) is 0 Å². The number of rotatable bonds is 4. The maximum absolute atomic E-state index is 12.9. The summed E-state index contributed by atoms with van der Waals surface area (Å²) in [5.74, 6) is -0.990. The van der Waals surface area contributed by atoms with Gasteiger partial charge in [0.2, 0.25) is 27.7 Å². The zero-order chi connectivity index (χ0) is 19.8. The third-order valence-electron chi connectivity index (χ3n) is 4.99. The molecule has 2 heterocycles. The molecule has 1 aromatic rings. The van der Waals surface area contributed by atoms with Crippen LogP contribution in [0.4, 0.5) is 0 Å². The number of sulfonamides is 1. The second-order valence-corrected chi connectivity index (χ2v) is 8.83. The van der Waals surface area contributed by atoms with E-state index in [2.05, 4.69) is 0 Å². The highest BCUT2D eigenvalue weighted by Gasteiger charge is 2.34. The number of carbonyl (C=O) groups excluding carboxylic acids is 3. The fraction of sp³-hybridized carbons (Fsp3) is 0.500. The molecule has 0 spiro atoms. The lowest BCUT2D eigenvalue weighted by molar-refractivity contribution is -0.145. The SMILES string of the molecule is Cc1ccc(S(=O)(=O)N2CCN(C(=O)CN3C(=O)CCC3=O)CC2)c(C)c1. The quantitative estimate of drug-likeness (QED) is 0.685. The largest absolute Gasteiger partial charge is 0.338 e. The van der Waals surface area contributed by atoms with E-state index in [1.54, 1.807) is 19.1 Å². The molecule has 0 unspecified atom stereocenters. The molecule has 9 heteroatoms. The van der Waals surface area contributed by atoms with Crippen LogP contribution in [-0.4, -0.2) is 73.0 Å². The van der Waals surface area contributed by atoms with E-state index >= 15 is 0 Å². The minimum Gasteiger partial charge on any atom is -0.338 e.